The van der Waals surface area contributed by atoms with Gasteiger partial charge in [-0.25, -0.2) is 13.2 Å². The number of non-ortho nitro benzene ring substituents is 1. The zero-order valence-corrected chi connectivity index (χ0v) is 30.4. The van der Waals surface area contributed by atoms with E-state index in [2.05, 4.69) is 5.32 Å². The van der Waals surface area contributed by atoms with Crippen molar-refractivity contribution in [3.63, 3.8) is 0 Å². The van der Waals surface area contributed by atoms with Crippen molar-refractivity contribution in [2.24, 2.45) is 0 Å². The van der Waals surface area contributed by atoms with Gasteiger partial charge in [-0.1, -0.05) is 55.2 Å². The van der Waals surface area contributed by atoms with E-state index in [0.717, 1.165) is 42.6 Å². The van der Waals surface area contributed by atoms with Crippen LogP contribution in [0.2, 0.25) is 0 Å². The van der Waals surface area contributed by atoms with Gasteiger partial charge < -0.3 is 19.7 Å². The molecule has 2 unspecified atom stereocenters. The summed E-state index contributed by atoms with van der Waals surface area (Å²) in [6.45, 7) is 4.37. The Morgan fingerprint density at radius 2 is 1.63 bits per heavy atom. The number of esters is 1. The molecule has 1 saturated carbocycles. The third kappa shape index (κ3) is 8.20. The molecule has 2 fully saturated rings. The average molecular weight is 737 g/mol. The highest BCUT2D eigenvalue weighted by Gasteiger charge is 2.68. The number of β-lactam (4-membered cyclic amide) rings is 1. The second-order valence-corrected chi connectivity index (χ2v) is 16.5. The Hall–Kier alpha value is -4.89. The fraction of sp³-hybridized carbons (Fsp3) is 0.361. The van der Waals surface area contributed by atoms with Crippen molar-refractivity contribution in [2.45, 2.75) is 81.5 Å². The number of carbonyl (C=O) groups excluding carboxylic acids is 3. The van der Waals surface area contributed by atoms with E-state index in [0.29, 0.717) is 22.1 Å². The fourth-order valence-corrected chi connectivity index (χ4v) is 9.65. The quantitative estimate of drug-likeness (QED) is 0.0439. The summed E-state index contributed by atoms with van der Waals surface area (Å²) in [5.41, 5.74) is -0.939. The molecule has 1 aliphatic heterocycles. The second-order valence-electron chi connectivity index (χ2n) is 12.6. The average Bonchev–Trinajstić information content (AvgIpc) is 3.12. The molecule has 13 nitrogen and oxygen atoms in total. The molecule has 3 aromatic rings. The van der Waals surface area contributed by atoms with Crippen LogP contribution in [0, 0.1) is 17.0 Å². The van der Waals surface area contributed by atoms with Crippen molar-refractivity contribution < 1.29 is 37.2 Å². The molecular weight excluding hydrogens is 697 g/mol. The lowest BCUT2D eigenvalue weighted by Gasteiger charge is -2.54. The first kappa shape index (κ1) is 37.4. The van der Waals surface area contributed by atoms with Crippen molar-refractivity contribution in [1.29, 1.82) is 0 Å². The molecule has 51 heavy (non-hydrogen) atoms. The van der Waals surface area contributed by atoms with Crippen LogP contribution in [-0.4, -0.2) is 65.1 Å². The summed E-state index contributed by atoms with van der Waals surface area (Å²) in [4.78, 5) is 55.0. The molecule has 1 heterocycles. The number of aryl methyl sites for hydroxylation is 1. The normalized spacial score (nSPS) is 19.7. The zero-order valence-electron chi connectivity index (χ0n) is 28.7. The molecule has 2 amide bonds. The second kappa shape index (κ2) is 15.6. The predicted octanol–water partition coefficient (Wildman–Crippen LogP) is 5.64. The predicted molar refractivity (Wildman–Crippen MR) is 190 cm³/mol. The van der Waals surface area contributed by atoms with Crippen LogP contribution in [-0.2, 0) is 34.6 Å². The van der Waals surface area contributed by atoms with Gasteiger partial charge in [0.1, 0.15) is 12.4 Å². The maximum absolute atomic E-state index is 14.6. The van der Waals surface area contributed by atoms with E-state index < -0.39 is 42.7 Å². The molecular formula is C36H40N4O9S2. The number of hydrogen-bond donors (Lipinski definition) is 1. The minimum atomic E-state index is -4.24. The van der Waals surface area contributed by atoms with Gasteiger partial charge in [-0.2, -0.15) is 0 Å². The molecule has 0 bridgehead atoms. The van der Waals surface area contributed by atoms with Gasteiger partial charge in [0.05, 0.1) is 9.82 Å². The van der Waals surface area contributed by atoms with Crippen LogP contribution < -0.4 is 10.1 Å². The summed E-state index contributed by atoms with van der Waals surface area (Å²) < 4.78 is 40.0. The Morgan fingerprint density at radius 1 is 1.00 bits per heavy atom. The Morgan fingerprint density at radius 3 is 2.22 bits per heavy atom. The van der Waals surface area contributed by atoms with Crippen molar-refractivity contribution in [3.8, 4) is 5.75 Å². The Balaban J connectivity index is 1.61. The number of ether oxygens (including phenoxy) is 2. The van der Waals surface area contributed by atoms with E-state index in [1.165, 1.54) is 43.3 Å². The summed E-state index contributed by atoms with van der Waals surface area (Å²) in [5.74, 6) is -2.30. The smallest absolute Gasteiger partial charge is 0.357 e. The topological polar surface area (TPSA) is 165 Å². The number of likely N-dealkylation sites (tertiary alicyclic amines) is 1. The first-order valence-electron chi connectivity index (χ1n) is 16.4. The van der Waals surface area contributed by atoms with Gasteiger partial charge in [-0.3, -0.25) is 24.6 Å². The molecule has 0 aromatic heterocycles. The molecule has 1 N–H and O–H groups in total. The molecule has 0 radical (unpaired) electrons. The highest BCUT2D eigenvalue weighted by Crippen LogP contribution is 2.47. The van der Waals surface area contributed by atoms with Crippen LogP contribution in [0.25, 0.3) is 0 Å². The number of amides is 2. The van der Waals surface area contributed by atoms with Gasteiger partial charge >= 0.3 is 5.97 Å². The molecule has 2 aliphatic rings. The summed E-state index contributed by atoms with van der Waals surface area (Å²) in [6, 6.07) is 19.9. The molecule has 5 rings (SSSR count). The highest BCUT2D eigenvalue weighted by atomic mass is 33.1. The van der Waals surface area contributed by atoms with Gasteiger partial charge in [0.2, 0.25) is 14.8 Å². The number of para-hydroxylation sites is 1. The van der Waals surface area contributed by atoms with Crippen LogP contribution in [0.15, 0.2) is 95.2 Å². The van der Waals surface area contributed by atoms with Crippen molar-refractivity contribution in [1.82, 2.24) is 15.1 Å². The minimum absolute atomic E-state index is 0.0377. The number of carbonyl (C=O) groups is 3. The standard InChI is InChI=1S/C36H40N4O9S2/c1-24-15-21-31(22-16-24)51(46,47)50-35-36(37-26(3)41,49-30-13-9-6-10-14-30)34(43)39(35)32(25(2)38(4)28-11-7-5-8-12-28)33(42)48-23-27-17-19-29(20-18-27)40(44)45/h6,9-10,13-22,28,35H,5,7-8,11-12,23H2,1-4H3,(H,37,41)/b32-25+. The summed E-state index contributed by atoms with van der Waals surface area (Å²) in [6.07, 6.45) is 4.73. The molecule has 1 saturated heterocycles. The first-order chi connectivity index (χ1) is 24.2. The van der Waals surface area contributed by atoms with Crippen LogP contribution in [0.1, 0.15) is 57.1 Å². The van der Waals surface area contributed by atoms with E-state index in [-0.39, 0.29) is 34.7 Å². The van der Waals surface area contributed by atoms with Crippen LogP contribution >= 0.6 is 10.8 Å². The number of nitrogens with zero attached hydrogens (tertiary/aromatic N) is 3. The maximum atomic E-state index is 14.6. The SMILES string of the molecule is CC(=O)NC1(Oc2ccccc2)C(=O)N(/C(C(=O)OCc2ccc([N+](=O)[O-])cc2)=C(\C)N(C)C2CCCCC2)C1SS(=O)(=O)c1ccc(C)cc1. The van der Waals surface area contributed by atoms with Gasteiger partial charge in [0.25, 0.3) is 17.3 Å². The van der Waals surface area contributed by atoms with Crippen molar-refractivity contribution >= 4 is 43.1 Å². The summed E-state index contributed by atoms with van der Waals surface area (Å²) in [5, 5.41) is 12.2. The van der Waals surface area contributed by atoms with E-state index in [4.69, 9.17) is 9.47 Å². The van der Waals surface area contributed by atoms with Gasteiger partial charge in [0.15, 0.2) is 11.1 Å². The number of allylic oxidation sites excluding steroid dienone is 1. The lowest BCUT2D eigenvalue weighted by atomic mass is 9.93. The number of nitro groups is 1. The maximum Gasteiger partial charge on any atom is 0.357 e. The van der Waals surface area contributed by atoms with E-state index in [1.807, 2.05) is 18.9 Å². The van der Waals surface area contributed by atoms with Crippen LogP contribution in [0.3, 0.4) is 0 Å². The third-order valence-electron chi connectivity index (χ3n) is 8.98. The monoisotopic (exact) mass is 736 g/mol. The molecule has 3 aromatic carbocycles. The molecule has 15 heteroatoms. The van der Waals surface area contributed by atoms with Crippen molar-refractivity contribution in [3.05, 3.63) is 111 Å². The third-order valence-corrected chi connectivity index (χ3v) is 12.7. The Bertz CT molecular complexity index is 1910. The lowest BCUT2D eigenvalue weighted by Crippen LogP contribution is -2.81. The minimum Gasteiger partial charge on any atom is -0.456 e. The van der Waals surface area contributed by atoms with Crippen LogP contribution in [0.5, 0.6) is 5.75 Å². The molecule has 0 spiro atoms. The summed E-state index contributed by atoms with van der Waals surface area (Å²) >= 11 is 0. The van der Waals surface area contributed by atoms with Gasteiger partial charge in [0, 0.05) is 48.6 Å². The van der Waals surface area contributed by atoms with E-state index >= 15 is 0 Å². The number of nitrogens with one attached hydrogen (secondary N) is 1. The lowest BCUT2D eigenvalue weighted by molar-refractivity contribution is -0.384. The number of hydrogen-bond acceptors (Lipinski definition) is 11. The Labute approximate surface area is 300 Å². The van der Waals surface area contributed by atoms with Crippen LogP contribution in [0.4, 0.5) is 5.69 Å². The van der Waals surface area contributed by atoms with Gasteiger partial charge in [-0.15, -0.1) is 0 Å². The van der Waals surface area contributed by atoms with E-state index in [1.54, 1.807) is 49.4 Å². The first-order valence-corrected chi connectivity index (χ1v) is 19.3. The van der Waals surface area contributed by atoms with Crippen molar-refractivity contribution in [2.75, 3.05) is 7.05 Å². The molecule has 1 aliphatic carbocycles. The number of nitro benzene ring substituents is 1. The highest BCUT2D eigenvalue weighted by molar-refractivity contribution is 8.72. The summed E-state index contributed by atoms with van der Waals surface area (Å²) in [7, 11) is -2.05. The molecule has 2 atom stereocenters. The number of rotatable bonds is 13. The van der Waals surface area contributed by atoms with Gasteiger partial charge in [-0.05, 0) is 68.7 Å². The zero-order chi connectivity index (χ0) is 36.9. The Kier molecular flexibility index (Phi) is 11.4. The fourth-order valence-electron chi connectivity index (χ4n) is 6.15. The van der Waals surface area contributed by atoms with E-state index in [9.17, 15) is 32.9 Å². The number of benzene rings is 3. The largest absolute Gasteiger partial charge is 0.456 e. The molecule has 270 valence electrons.